The van der Waals surface area contributed by atoms with Crippen molar-refractivity contribution in [3.05, 3.63) is 39.7 Å². The van der Waals surface area contributed by atoms with Gasteiger partial charge in [0.1, 0.15) is 24.5 Å². The second-order valence-electron chi connectivity index (χ2n) is 4.08. The average molecular weight is 261 g/mol. The van der Waals surface area contributed by atoms with Crippen LogP contribution in [0, 0.1) is 13.8 Å². The summed E-state index contributed by atoms with van der Waals surface area (Å²) in [7, 11) is 0. The summed E-state index contributed by atoms with van der Waals surface area (Å²) in [5, 5.41) is 0.877. The number of benzene rings is 1. The maximum Gasteiger partial charge on any atom is 0.417 e. The van der Waals surface area contributed by atoms with Crippen LogP contribution in [-0.4, -0.2) is 19.7 Å². The average Bonchev–Trinajstić information content (AvgIpc) is 2.41. The Hall–Kier alpha value is -2.30. The minimum Gasteiger partial charge on any atom is -0.490 e. The second kappa shape index (κ2) is 5.56. The summed E-state index contributed by atoms with van der Waals surface area (Å²) < 4.78 is 15.0. The van der Waals surface area contributed by atoms with Gasteiger partial charge in [-0.3, -0.25) is 0 Å². The van der Waals surface area contributed by atoms with Gasteiger partial charge in [-0.15, -0.1) is 0 Å². The van der Waals surface area contributed by atoms with Gasteiger partial charge in [0.2, 0.25) is 0 Å². The molecule has 0 amide bonds. The van der Waals surface area contributed by atoms with E-state index in [2.05, 4.69) is 4.74 Å². The Balaban J connectivity index is 2.28. The predicted molar refractivity (Wildman–Crippen MR) is 69.1 cm³/mol. The SMILES string of the molecule is Cc1c(C)c2ccc(OCCO[C]=O)cc2oc1=O. The van der Waals surface area contributed by atoms with Gasteiger partial charge < -0.3 is 13.9 Å². The van der Waals surface area contributed by atoms with Gasteiger partial charge in [0, 0.05) is 17.0 Å². The topological polar surface area (TPSA) is 65.7 Å². The molecule has 5 heteroatoms. The lowest BCUT2D eigenvalue weighted by Gasteiger charge is -2.08. The lowest BCUT2D eigenvalue weighted by molar-refractivity contribution is 0.200. The van der Waals surface area contributed by atoms with Crippen LogP contribution >= 0.6 is 0 Å². The van der Waals surface area contributed by atoms with E-state index < -0.39 is 0 Å². The zero-order valence-corrected chi connectivity index (χ0v) is 10.7. The van der Waals surface area contributed by atoms with Gasteiger partial charge in [-0.05, 0) is 31.5 Å². The Labute approximate surface area is 109 Å². The molecule has 0 spiro atoms. The Kier molecular flexibility index (Phi) is 3.85. The van der Waals surface area contributed by atoms with Crippen LogP contribution in [-0.2, 0) is 9.53 Å². The first-order valence-electron chi connectivity index (χ1n) is 5.79. The van der Waals surface area contributed by atoms with Crippen LogP contribution < -0.4 is 10.4 Å². The van der Waals surface area contributed by atoms with E-state index in [-0.39, 0.29) is 18.8 Å². The van der Waals surface area contributed by atoms with Crippen molar-refractivity contribution in [2.24, 2.45) is 0 Å². The molecule has 0 saturated heterocycles. The number of aryl methyl sites for hydroxylation is 1. The largest absolute Gasteiger partial charge is 0.490 e. The molecule has 2 rings (SSSR count). The summed E-state index contributed by atoms with van der Waals surface area (Å²) in [6.45, 7) is 5.27. The first-order chi connectivity index (χ1) is 9.13. The van der Waals surface area contributed by atoms with Gasteiger partial charge >= 0.3 is 12.1 Å². The third kappa shape index (κ3) is 2.76. The molecular formula is C14H13O5. The highest BCUT2D eigenvalue weighted by Gasteiger charge is 2.08. The van der Waals surface area contributed by atoms with E-state index in [1.807, 2.05) is 13.0 Å². The van der Waals surface area contributed by atoms with Gasteiger partial charge in [0.15, 0.2) is 0 Å². The van der Waals surface area contributed by atoms with Crippen LogP contribution in [0.1, 0.15) is 11.1 Å². The molecule has 0 bridgehead atoms. The number of hydrogen-bond acceptors (Lipinski definition) is 5. The number of carbonyl (C=O) groups excluding carboxylic acids is 1. The van der Waals surface area contributed by atoms with E-state index in [4.69, 9.17) is 9.15 Å². The van der Waals surface area contributed by atoms with Crippen LogP contribution in [0.4, 0.5) is 0 Å². The van der Waals surface area contributed by atoms with Crippen molar-refractivity contribution >= 4 is 17.4 Å². The van der Waals surface area contributed by atoms with Crippen LogP contribution in [0.5, 0.6) is 5.75 Å². The summed E-state index contributed by atoms with van der Waals surface area (Å²) in [5.74, 6) is 0.549. The van der Waals surface area contributed by atoms with E-state index >= 15 is 0 Å². The van der Waals surface area contributed by atoms with E-state index in [0.717, 1.165) is 10.9 Å². The van der Waals surface area contributed by atoms with Crippen molar-refractivity contribution in [1.82, 2.24) is 0 Å². The fourth-order valence-corrected chi connectivity index (χ4v) is 1.76. The molecule has 5 nitrogen and oxygen atoms in total. The molecule has 1 radical (unpaired) electrons. The normalized spacial score (nSPS) is 10.4. The van der Waals surface area contributed by atoms with E-state index in [0.29, 0.717) is 16.9 Å². The van der Waals surface area contributed by atoms with Crippen LogP contribution in [0.25, 0.3) is 11.0 Å². The fourth-order valence-electron chi connectivity index (χ4n) is 1.76. The van der Waals surface area contributed by atoms with Crippen LogP contribution in [0.3, 0.4) is 0 Å². The number of fused-ring (bicyclic) bond motifs is 1. The molecule has 1 aromatic carbocycles. The molecule has 0 saturated carbocycles. The van der Waals surface area contributed by atoms with E-state index in [1.54, 1.807) is 19.1 Å². The standard InChI is InChI=1S/C14H13O5/c1-9-10(2)14(16)19-13-7-11(3-4-12(9)13)18-6-5-17-8-15/h3-4,7H,5-6H2,1-2H3. The highest BCUT2D eigenvalue weighted by Crippen LogP contribution is 2.23. The Bertz CT molecular complexity index is 657. The minimum absolute atomic E-state index is 0.123. The van der Waals surface area contributed by atoms with Crippen LogP contribution in [0.2, 0.25) is 0 Å². The number of hydrogen-bond donors (Lipinski definition) is 0. The summed E-state index contributed by atoms with van der Waals surface area (Å²) in [6.07, 6.45) is 0. The highest BCUT2D eigenvalue weighted by molar-refractivity contribution is 5.82. The molecule has 0 N–H and O–H groups in total. The van der Waals surface area contributed by atoms with Crippen molar-refractivity contribution in [3.63, 3.8) is 0 Å². The molecule has 99 valence electrons. The summed E-state index contributed by atoms with van der Waals surface area (Å²) in [6, 6.07) is 5.26. The minimum atomic E-state index is -0.346. The quantitative estimate of drug-likeness (QED) is 0.607. The van der Waals surface area contributed by atoms with Crippen LogP contribution in [0.15, 0.2) is 27.4 Å². The lowest BCUT2D eigenvalue weighted by atomic mass is 10.1. The van der Waals surface area contributed by atoms with Crippen molar-refractivity contribution in [3.8, 4) is 5.75 Å². The molecule has 1 heterocycles. The smallest absolute Gasteiger partial charge is 0.417 e. The maximum absolute atomic E-state index is 11.6. The molecule has 0 fully saturated rings. The first-order valence-corrected chi connectivity index (χ1v) is 5.79. The summed E-state index contributed by atoms with van der Waals surface area (Å²) in [5.41, 5.74) is 1.64. The molecule has 1 aromatic heterocycles. The van der Waals surface area contributed by atoms with Gasteiger partial charge in [-0.25, -0.2) is 9.59 Å². The van der Waals surface area contributed by atoms with E-state index in [1.165, 1.54) is 6.47 Å². The molecule has 0 aliphatic heterocycles. The monoisotopic (exact) mass is 261 g/mol. The Morgan fingerprint density at radius 1 is 1.21 bits per heavy atom. The van der Waals surface area contributed by atoms with Crippen molar-refractivity contribution in [2.75, 3.05) is 13.2 Å². The zero-order valence-electron chi connectivity index (χ0n) is 10.7. The lowest BCUT2D eigenvalue weighted by Crippen LogP contribution is -2.07. The third-order valence-corrected chi connectivity index (χ3v) is 2.94. The molecule has 0 aliphatic carbocycles. The molecular weight excluding hydrogens is 248 g/mol. The van der Waals surface area contributed by atoms with Gasteiger partial charge in [0.25, 0.3) is 0 Å². The van der Waals surface area contributed by atoms with Gasteiger partial charge in [0.05, 0.1) is 0 Å². The summed E-state index contributed by atoms with van der Waals surface area (Å²) >= 11 is 0. The molecule has 19 heavy (non-hydrogen) atoms. The molecule has 2 aromatic rings. The maximum atomic E-state index is 11.6. The molecule has 0 atom stereocenters. The first kappa shape index (κ1) is 13.1. The highest BCUT2D eigenvalue weighted by atomic mass is 16.5. The number of ether oxygens (including phenoxy) is 2. The Morgan fingerprint density at radius 3 is 2.74 bits per heavy atom. The second-order valence-corrected chi connectivity index (χ2v) is 4.08. The van der Waals surface area contributed by atoms with Crippen molar-refractivity contribution in [2.45, 2.75) is 13.8 Å². The van der Waals surface area contributed by atoms with E-state index in [9.17, 15) is 9.59 Å². The molecule has 0 aliphatic rings. The zero-order chi connectivity index (χ0) is 13.8. The third-order valence-electron chi connectivity index (χ3n) is 2.94. The summed E-state index contributed by atoms with van der Waals surface area (Å²) in [4.78, 5) is 21.4. The predicted octanol–water partition coefficient (Wildman–Crippen LogP) is 1.87. The molecule has 0 unspecified atom stereocenters. The van der Waals surface area contributed by atoms with Crippen molar-refractivity contribution in [1.29, 1.82) is 0 Å². The van der Waals surface area contributed by atoms with Gasteiger partial charge in [-0.2, -0.15) is 0 Å². The Morgan fingerprint density at radius 2 is 2.00 bits per heavy atom. The van der Waals surface area contributed by atoms with Gasteiger partial charge in [-0.1, -0.05) is 0 Å². The van der Waals surface area contributed by atoms with Crippen molar-refractivity contribution < 1.29 is 18.7 Å². The fraction of sp³-hybridized carbons (Fsp3) is 0.286. The number of rotatable bonds is 5.